The van der Waals surface area contributed by atoms with Crippen LogP contribution in [0.3, 0.4) is 0 Å². The van der Waals surface area contributed by atoms with Crippen molar-refractivity contribution in [2.75, 3.05) is 17.2 Å². The van der Waals surface area contributed by atoms with E-state index in [0.29, 0.717) is 46.2 Å². The Hall–Kier alpha value is -5.69. The minimum atomic E-state index is -0.488. The van der Waals surface area contributed by atoms with E-state index in [9.17, 15) is 9.90 Å². The normalized spacial score (nSPS) is 12.0. The minimum absolute atomic E-state index is 0.0198. The molecule has 6 aromatic rings. The Morgan fingerprint density at radius 1 is 1.02 bits per heavy atom. The molecule has 13 heteroatoms. The fraction of sp³-hybridized carbons (Fsp3) is 0.194. The molecule has 0 aliphatic heterocycles. The molecule has 0 aliphatic carbocycles. The third-order valence-corrected chi connectivity index (χ3v) is 6.90. The van der Waals surface area contributed by atoms with E-state index in [4.69, 9.17) is 14.4 Å². The highest BCUT2D eigenvalue weighted by Gasteiger charge is 2.21. The van der Waals surface area contributed by atoms with Crippen molar-refractivity contribution in [1.29, 1.82) is 0 Å². The average molecular weight is 591 g/mol. The molecule has 0 saturated carbocycles. The molecule has 0 aliphatic rings. The topological polar surface area (TPSA) is 162 Å². The number of benzene rings is 1. The van der Waals surface area contributed by atoms with Crippen LogP contribution in [0.5, 0.6) is 0 Å². The molecule has 0 saturated heterocycles. The Morgan fingerprint density at radius 3 is 2.57 bits per heavy atom. The van der Waals surface area contributed by atoms with Gasteiger partial charge < -0.3 is 20.2 Å². The van der Waals surface area contributed by atoms with Crippen molar-refractivity contribution in [3.63, 3.8) is 0 Å². The Balaban J connectivity index is 1.39. The lowest BCUT2D eigenvalue weighted by atomic mass is 10.1. The Kier molecular flexibility index (Phi) is 7.93. The first kappa shape index (κ1) is 28.4. The lowest BCUT2D eigenvalue weighted by Gasteiger charge is -2.19. The number of nitrogens with one attached hydrogen (secondary N) is 2. The predicted octanol–water partition coefficient (Wildman–Crippen LogP) is 4.76. The Morgan fingerprint density at radius 2 is 1.84 bits per heavy atom. The van der Waals surface area contributed by atoms with Crippen molar-refractivity contribution in [2.45, 2.75) is 32.5 Å². The number of allylic oxidation sites excluding steroid dienone is 1. The van der Waals surface area contributed by atoms with E-state index in [1.807, 2.05) is 54.9 Å². The number of rotatable bonds is 11. The zero-order valence-electron chi connectivity index (χ0n) is 24.1. The minimum Gasteiger partial charge on any atom is -0.416 e. The molecular weight excluding hydrogens is 560 g/mol. The lowest BCUT2D eigenvalue weighted by molar-refractivity contribution is 0.276. The fourth-order valence-corrected chi connectivity index (χ4v) is 4.87. The first-order chi connectivity index (χ1) is 21.5. The Bertz CT molecular complexity index is 1970. The van der Waals surface area contributed by atoms with Crippen LogP contribution in [0.4, 0.5) is 17.6 Å². The molecule has 0 spiro atoms. The summed E-state index contributed by atoms with van der Waals surface area (Å²) in [5.74, 6) is 1.50. The second kappa shape index (κ2) is 12.3. The van der Waals surface area contributed by atoms with Gasteiger partial charge in [0.1, 0.15) is 11.6 Å². The van der Waals surface area contributed by atoms with Crippen LogP contribution < -0.4 is 16.2 Å². The van der Waals surface area contributed by atoms with Crippen LogP contribution in [0.15, 0.2) is 95.1 Å². The second-order valence-corrected chi connectivity index (χ2v) is 10.2. The molecule has 13 nitrogen and oxygen atoms in total. The van der Waals surface area contributed by atoms with E-state index in [-0.39, 0.29) is 30.0 Å². The number of aliphatic hydroxyl groups excluding tert-OH is 1. The number of nitrogens with zero attached hydrogens (tertiary/aromatic N) is 8. The Labute approximate surface area is 252 Å². The number of aliphatic hydroxyl groups is 1. The zero-order chi connectivity index (χ0) is 30.6. The number of anilines is 3. The highest BCUT2D eigenvalue weighted by molar-refractivity contribution is 5.78. The number of aromatic nitrogens is 8. The third kappa shape index (κ3) is 5.55. The van der Waals surface area contributed by atoms with Crippen LogP contribution in [0.2, 0.25) is 0 Å². The molecule has 0 amide bonds. The van der Waals surface area contributed by atoms with E-state index in [2.05, 4.69) is 37.4 Å². The third-order valence-electron chi connectivity index (χ3n) is 6.90. The molecule has 0 radical (unpaired) electrons. The number of hydrogen-bond acceptors (Lipinski definition) is 11. The second-order valence-electron chi connectivity index (χ2n) is 10.2. The van der Waals surface area contributed by atoms with Gasteiger partial charge in [-0.05, 0) is 43.7 Å². The van der Waals surface area contributed by atoms with Gasteiger partial charge in [0.2, 0.25) is 11.8 Å². The smallest absolute Gasteiger partial charge is 0.276 e. The standard InChI is InChI=1S/C31H30N10O3/c1-4-15-40-30(43)22-12-13-25(35-27(22)41(40)19(2)3)36-31-33-17-23(29-39-38-28(44-29)21-11-8-14-32-16-21)26(37-31)34-24(18-42)20-9-6-5-7-10-20/h4-14,16-17,19,24,42H,1,15,18H2,2-3H3,(H2,33,34,35,36,37)/t24-/m1/s1. The monoisotopic (exact) mass is 590 g/mol. The number of pyridine rings is 2. The molecule has 44 heavy (non-hydrogen) atoms. The molecule has 0 unspecified atom stereocenters. The van der Waals surface area contributed by atoms with E-state index in [1.165, 1.54) is 0 Å². The van der Waals surface area contributed by atoms with Gasteiger partial charge in [0.25, 0.3) is 11.4 Å². The van der Waals surface area contributed by atoms with Crippen molar-refractivity contribution >= 4 is 28.6 Å². The van der Waals surface area contributed by atoms with Crippen molar-refractivity contribution < 1.29 is 9.52 Å². The lowest BCUT2D eigenvalue weighted by Crippen LogP contribution is -2.23. The first-order valence-electron chi connectivity index (χ1n) is 14.0. The van der Waals surface area contributed by atoms with E-state index in [0.717, 1.165) is 5.56 Å². The van der Waals surface area contributed by atoms with Crippen LogP contribution in [0.25, 0.3) is 33.9 Å². The van der Waals surface area contributed by atoms with E-state index >= 15 is 0 Å². The maximum absolute atomic E-state index is 13.0. The molecule has 6 rings (SSSR count). The van der Waals surface area contributed by atoms with Gasteiger partial charge in [-0.3, -0.25) is 14.5 Å². The first-order valence-corrected chi connectivity index (χ1v) is 14.0. The van der Waals surface area contributed by atoms with Gasteiger partial charge in [-0.15, -0.1) is 16.8 Å². The van der Waals surface area contributed by atoms with Gasteiger partial charge in [0.15, 0.2) is 5.65 Å². The van der Waals surface area contributed by atoms with Gasteiger partial charge >= 0.3 is 0 Å². The summed E-state index contributed by atoms with van der Waals surface area (Å²) in [5, 5.41) is 25.6. The molecular formula is C31H30N10O3. The molecule has 222 valence electrons. The number of hydrogen-bond donors (Lipinski definition) is 3. The van der Waals surface area contributed by atoms with Crippen LogP contribution >= 0.6 is 0 Å². The maximum Gasteiger partial charge on any atom is 0.276 e. The van der Waals surface area contributed by atoms with Gasteiger partial charge in [0.05, 0.1) is 35.7 Å². The van der Waals surface area contributed by atoms with Gasteiger partial charge in [-0.25, -0.2) is 14.6 Å². The highest BCUT2D eigenvalue weighted by atomic mass is 16.4. The average Bonchev–Trinajstić information content (AvgIpc) is 3.64. The summed E-state index contributed by atoms with van der Waals surface area (Å²) in [5.41, 5.74) is 2.36. The molecule has 1 atom stereocenters. The molecule has 5 heterocycles. The number of fused-ring (bicyclic) bond motifs is 1. The van der Waals surface area contributed by atoms with Crippen LogP contribution in [-0.4, -0.2) is 51.2 Å². The fourth-order valence-electron chi connectivity index (χ4n) is 4.87. The van der Waals surface area contributed by atoms with Gasteiger partial charge in [0, 0.05) is 24.6 Å². The quantitative estimate of drug-likeness (QED) is 0.178. The summed E-state index contributed by atoms with van der Waals surface area (Å²) in [6.45, 7) is 7.92. The molecule has 3 N–H and O–H groups in total. The molecule has 0 bridgehead atoms. The highest BCUT2D eigenvalue weighted by Crippen LogP contribution is 2.31. The zero-order valence-corrected chi connectivity index (χ0v) is 24.1. The molecule has 5 aromatic heterocycles. The van der Waals surface area contributed by atoms with Crippen LogP contribution in [0, 0.1) is 0 Å². The van der Waals surface area contributed by atoms with E-state index in [1.54, 1.807) is 47.5 Å². The van der Waals surface area contributed by atoms with Crippen LogP contribution in [0.1, 0.15) is 31.5 Å². The van der Waals surface area contributed by atoms with Crippen molar-refractivity contribution in [1.82, 2.24) is 39.5 Å². The van der Waals surface area contributed by atoms with Crippen molar-refractivity contribution in [3.8, 4) is 22.9 Å². The largest absolute Gasteiger partial charge is 0.416 e. The summed E-state index contributed by atoms with van der Waals surface area (Å²) in [6, 6.07) is 16.0. The van der Waals surface area contributed by atoms with Crippen LogP contribution in [-0.2, 0) is 6.54 Å². The summed E-state index contributed by atoms with van der Waals surface area (Å²) < 4.78 is 9.44. The van der Waals surface area contributed by atoms with Gasteiger partial charge in [-0.1, -0.05) is 36.4 Å². The van der Waals surface area contributed by atoms with Gasteiger partial charge in [-0.2, -0.15) is 4.98 Å². The summed E-state index contributed by atoms with van der Waals surface area (Å²) in [7, 11) is 0. The van der Waals surface area contributed by atoms with E-state index < -0.39 is 6.04 Å². The summed E-state index contributed by atoms with van der Waals surface area (Å²) in [6.07, 6.45) is 6.53. The molecule has 0 fully saturated rings. The van der Waals surface area contributed by atoms with Crippen molar-refractivity contribution in [2.24, 2.45) is 0 Å². The predicted molar refractivity (Wildman–Crippen MR) is 166 cm³/mol. The SMILES string of the molecule is C=CCn1c(=O)c2ccc(Nc3ncc(-c4nnc(-c5cccnc5)o4)c(N[C@H](CO)c4ccccc4)n3)nc2n1C(C)C. The summed E-state index contributed by atoms with van der Waals surface area (Å²) >= 11 is 0. The maximum atomic E-state index is 13.0. The van der Waals surface area contributed by atoms with Crippen molar-refractivity contribution in [3.05, 3.63) is 102 Å². The summed E-state index contributed by atoms with van der Waals surface area (Å²) in [4.78, 5) is 31.1. The molecule has 1 aromatic carbocycles.